The van der Waals surface area contributed by atoms with Gasteiger partial charge in [0, 0.05) is 25.2 Å². The van der Waals surface area contributed by atoms with Gasteiger partial charge in [-0.25, -0.2) is 9.97 Å². The Kier molecular flexibility index (Phi) is 13.8. The van der Waals surface area contributed by atoms with E-state index in [9.17, 15) is 19.2 Å². The van der Waals surface area contributed by atoms with Crippen molar-refractivity contribution >= 4 is 46.6 Å². The number of aryl methyl sites for hydroxylation is 2. The molecule has 2 aliphatic rings. The molecule has 0 saturated carbocycles. The molecular formula is C42H54N10O4. The summed E-state index contributed by atoms with van der Waals surface area (Å²) in [5.41, 5.74) is 15.9. The van der Waals surface area contributed by atoms with Gasteiger partial charge in [-0.15, -0.1) is 0 Å². The Bertz CT molecular complexity index is 1850. The summed E-state index contributed by atoms with van der Waals surface area (Å²) in [6.45, 7) is 4.68. The summed E-state index contributed by atoms with van der Waals surface area (Å²) in [7, 11) is 8.20. The van der Waals surface area contributed by atoms with Gasteiger partial charge >= 0.3 is 23.6 Å². The van der Waals surface area contributed by atoms with E-state index in [4.69, 9.17) is 11.5 Å². The molecule has 6 rings (SSSR count). The number of carbonyl (C=O) groups is 4. The maximum Gasteiger partial charge on any atom is 0.313 e. The Morgan fingerprint density at radius 3 is 1.30 bits per heavy atom. The summed E-state index contributed by atoms with van der Waals surface area (Å²) in [6, 6.07) is 23.6. The average molecular weight is 763 g/mol. The van der Waals surface area contributed by atoms with Crippen molar-refractivity contribution in [1.82, 2.24) is 29.6 Å². The molecule has 296 valence electrons. The molecule has 4 amide bonds. The molecule has 14 nitrogen and oxygen atoms in total. The van der Waals surface area contributed by atoms with E-state index in [2.05, 4.69) is 30.4 Å². The molecular weight excluding hydrogens is 709 g/mol. The number of anilines is 4. The van der Waals surface area contributed by atoms with Crippen molar-refractivity contribution < 1.29 is 19.2 Å². The molecule has 2 aliphatic heterocycles. The smallest absolute Gasteiger partial charge is 0.313 e. The molecule has 4 atom stereocenters. The van der Waals surface area contributed by atoms with E-state index < -0.39 is 23.6 Å². The summed E-state index contributed by atoms with van der Waals surface area (Å²) < 4.78 is 0. The molecule has 0 aliphatic carbocycles. The van der Waals surface area contributed by atoms with Gasteiger partial charge in [-0.3, -0.25) is 19.2 Å². The Morgan fingerprint density at radius 2 is 0.982 bits per heavy atom. The van der Waals surface area contributed by atoms with Crippen LogP contribution in [0.2, 0.25) is 0 Å². The minimum atomic E-state index is -0.657. The molecule has 6 N–H and O–H groups in total. The Hall–Kier alpha value is -5.86. The van der Waals surface area contributed by atoms with Crippen LogP contribution in [0.4, 0.5) is 23.0 Å². The first-order valence-electron chi connectivity index (χ1n) is 18.8. The number of rotatable bonds is 6. The first kappa shape index (κ1) is 41.3. The predicted octanol–water partition coefficient (Wildman–Crippen LogP) is 4.41. The second-order valence-electron chi connectivity index (χ2n) is 14.9. The molecule has 56 heavy (non-hydrogen) atoms. The Morgan fingerprint density at radius 1 is 0.625 bits per heavy atom. The van der Waals surface area contributed by atoms with Gasteiger partial charge in [-0.05, 0) is 102 Å². The number of hydrogen-bond donors (Lipinski definition) is 4. The van der Waals surface area contributed by atoms with Crippen LogP contribution >= 0.6 is 0 Å². The van der Waals surface area contributed by atoms with Crippen LogP contribution in [0.15, 0.2) is 85.2 Å². The lowest BCUT2D eigenvalue weighted by Crippen LogP contribution is -2.49. The molecule has 2 aromatic heterocycles. The number of aromatic nitrogens is 2. The van der Waals surface area contributed by atoms with Gasteiger partial charge in [0.2, 0.25) is 0 Å². The SMILES string of the molecule is Cc1cc(NC(=O)C(=O)N2CC[C@@H](N(C)C)C[C@@H]2c2ccccc2)cnc1N.Cc1cc(NC(=O)C(=O)N2CC[C@H](N(C)C)C[C@H]2c2ccccc2)cnc1N. The number of nitrogen functional groups attached to an aromatic ring is 2. The number of piperidine rings is 2. The number of likely N-dealkylation sites (tertiary alicyclic amines) is 2. The van der Waals surface area contributed by atoms with Gasteiger partial charge in [0.1, 0.15) is 11.6 Å². The summed E-state index contributed by atoms with van der Waals surface area (Å²) in [5.74, 6) is -1.56. The van der Waals surface area contributed by atoms with Crippen molar-refractivity contribution in [2.24, 2.45) is 0 Å². The van der Waals surface area contributed by atoms with Gasteiger partial charge in [-0.2, -0.15) is 0 Å². The third-order valence-electron chi connectivity index (χ3n) is 10.6. The highest BCUT2D eigenvalue weighted by Crippen LogP contribution is 2.34. The molecule has 0 unspecified atom stereocenters. The fraction of sp³-hybridized carbons (Fsp3) is 0.381. The number of amides is 4. The third-order valence-corrected chi connectivity index (χ3v) is 10.6. The lowest BCUT2D eigenvalue weighted by Gasteiger charge is -2.41. The van der Waals surface area contributed by atoms with Gasteiger partial charge in [0.05, 0.1) is 35.9 Å². The number of nitrogens with zero attached hydrogens (tertiary/aromatic N) is 6. The quantitative estimate of drug-likeness (QED) is 0.205. The number of carbonyl (C=O) groups excluding carboxylic acids is 4. The van der Waals surface area contributed by atoms with E-state index in [0.29, 0.717) is 48.2 Å². The molecule has 14 heteroatoms. The maximum absolute atomic E-state index is 13.0. The number of nitrogens with two attached hydrogens (primary N) is 2. The van der Waals surface area contributed by atoms with E-state index in [1.165, 1.54) is 12.4 Å². The zero-order chi connectivity index (χ0) is 40.5. The lowest BCUT2D eigenvalue weighted by molar-refractivity contribution is -0.146. The van der Waals surface area contributed by atoms with Gasteiger partial charge < -0.3 is 41.7 Å². The number of nitrogens with one attached hydrogen (secondary N) is 2. The molecule has 4 aromatic rings. The Labute approximate surface area is 329 Å². The molecule has 2 fully saturated rings. The van der Waals surface area contributed by atoms with Crippen LogP contribution < -0.4 is 22.1 Å². The van der Waals surface area contributed by atoms with Crippen LogP contribution in [0.3, 0.4) is 0 Å². The summed E-state index contributed by atoms with van der Waals surface area (Å²) in [6.07, 6.45) is 6.16. The van der Waals surface area contributed by atoms with Crippen LogP contribution in [0.1, 0.15) is 60.0 Å². The zero-order valence-electron chi connectivity index (χ0n) is 33.1. The van der Waals surface area contributed by atoms with Crippen LogP contribution in [0.25, 0.3) is 0 Å². The van der Waals surface area contributed by atoms with Crippen molar-refractivity contribution in [2.75, 3.05) is 63.4 Å². The topological polar surface area (TPSA) is 183 Å². The zero-order valence-corrected chi connectivity index (χ0v) is 33.1. The summed E-state index contributed by atoms with van der Waals surface area (Å²) >= 11 is 0. The highest BCUT2D eigenvalue weighted by atomic mass is 16.2. The van der Waals surface area contributed by atoms with E-state index >= 15 is 0 Å². The molecule has 0 spiro atoms. The number of hydrogen-bond acceptors (Lipinski definition) is 10. The molecule has 0 bridgehead atoms. The van der Waals surface area contributed by atoms with Gasteiger partial charge in [0.25, 0.3) is 0 Å². The maximum atomic E-state index is 13.0. The summed E-state index contributed by atoms with van der Waals surface area (Å²) in [4.78, 5) is 67.0. The van der Waals surface area contributed by atoms with E-state index in [1.54, 1.807) is 35.8 Å². The predicted molar refractivity (Wildman–Crippen MR) is 219 cm³/mol. The molecule has 2 saturated heterocycles. The van der Waals surface area contributed by atoms with Crippen LogP contribution in [0, 0.1) is 13.8 Å². The van der Waals surface area contributed by atoms with E-state index in [1.807, 2.05) is 88.9 Å². The highest BCUT2D eigenvalue weighted by Gasteiger charge is 2.37. The lowest BCUT2D eigenvalue weighted by atomic mass is 9.91. The van der Waals surface area contributed by atoms with Gasteiger partial charge in [-0.1, -0.05) is 60.7 Å². The first-order valence-corrected chi connectivity index (χ1v) is 18.8. The first-order chi connectivity index (χ1) is 26.7. The number of benzene rings is 2. The van der Waals surface area contributed by atoms with Crippen molar-refractivity contribution in [3.63, 3.8) is 0 Å². The highest BCUT2D eigenvalue weighted by molar-refractivity contribution is 6.40. The second-order valence-corrected chi connectivity index (χ2v) is 14.9. The summed E-state index contributed by atoms with van der Waals surface area (Å²) in [5, 5.41) is 5.31. The van der Waals surface area contributed by atoms with E-state index in [0.717, 1.165) is 47.9 Å². The van der Waals surface area contributed by atoms with E-state index in [-0.39, 0.29) is 12.1 Å². The minimum absolute atomic E-state index is 0.133. The minimum Gasteiger partial charge on any atom is -0.383 e. The molecule has 0 radical (unpaired) electrons. The van der Waals surface area contributed by atoms with Gasteiger partial charge in [0.15, 0.2) is 0 Å². The average Bonchev–Trinajstić information content (AvgIpc) is 3.20. The fourth-order valence-electron chi connectivity index (χ4n) is 7.24. The van der Waals surface area contributed by atoms with Crippen LogP contribution in [0.5, 0.6) is 0 Å². The molecule has 2 aromatic carbocycles. The Balaban J connectivity index is 0.000000214. The normalized spacial score (nSPS) is 19.5. The van der Waals surface area contributed by atoms with Crippen molar-refractivity contribution in [3.05, 3.63) is 107 Å². The van der Waals surface area contributed by atoms with Crippen molar-refractivity contribution in [1.29, 1.82) is 0 Å². The van der Waals surface area contributed by atoms with Crippen molar-refractivity contribution in [3.8, 4) is 0 Å². The largest absolute Gasteiger partial charge is 0.383 e. The standard InChI is InChI=1S/2C21H27N5O2/c2*1-14-11-16(13-23-19(14)22)24-20(27)21(28)26-10-9-17(25(2)3)12-18(26)15-7-5-4-6-8-15/h2*4-8,11,13,17-18H,9-10,12H2,1-3H3,(H2,22,23)(H,24,27)/t2*17-,18-/m10/s1. The van der Waals surface area contributed by atoms with Crippen molar-refractivity contribution in [2.45, 2.75) is 63.7 Å². The number of pyridine rings is 2. The molecule has 4 heterocycles. The third kappa shape index (κ3) is 10.3. The second kappa shape index (κ2) is 18.7. The fourth-order valence-corrected chi connectivity index (χ4v) is 7.24. The monoisotopic (exact) mass is 762 g/mol. The van der Waals surface area contributed by atoms with Crippen LogP contribution in [-0.2, 0) is 19.2 Å². The van der Waals surface area contributed by atoms with Crippen LogP contribution in [-0.4, -0.2) is 107 Å².